The zero-order valence-corrected chi connectivity index (χ0v) is 15.9. The van der Waals surface area contributed by atoms with Crippen LogP contribution in [0.5, 0.6) is 0 Å². The predicted octanol–water partition coefficient (Wildman–Crippen LogP) is 7.76. The second-order valence-corrected chi connectivity index (χ2v) is 8.27. The molecule has 2 aliphatic rings. The van der Waals surface area contributed by atoms with Crippen molar-refractivity contribution in [1.82, 2.24) is 0 Å². The molecule has 2 fully saturated rings. The first-order valence-electron chi connectivity index (χ1n) is 10.4. The minimum atomic E-state index is -2.75. The zero-order chi connectivity index (χ0) is 19.2. The quantitative estimate of drug-likeness (QED) is 0.348. The van der Waals surface area contributed by atoms with E-state index in [1.165, 1.54) is 37.8 Å². The van der Waals surface area contributed by atoms with Crippen molar-refractivity contribution in [3.05, 3.63) is 47.3 Å². The highest BCUT2D eigenvalue weighted by Crippen LogP contribution is 2.44. The summed E-state index contributed by atoms with van der Waals surface area (Å²) in [5.74, 6) is 1.64. The predicted molar refractivity (Wildman–Crippen MR) is 101 cm³/mol. The molecule has 0 radical (unpaired) electrons. The minimum absolute atomic E-state index is 0.274. The van der Waals surface area contributed by atoms with Gasteiger partial charge in [0.2, 0.25) is 0 Å². The van der Waals surface area contributed by atoms with E-state index in [1.54, 1.807) is 6.07 Å². The van der Waals surface area contributed by atoms with Crippen LogP contribution in [-0.4, -0.2) is 6.67 Å². The Morgan fingerprint density at radius 2 is 1.56 bits per heavy atom. The van der Waals surface area contributed by atoms with E-state index in [-0.39, 0.29) is 6.67 Å². The standard InChI is InChI=1S/C23H30F4/c24-14-2-1-3-16-4-6-17(7-5-16)18-8-10-19(11-9-18)20-12-13-21(23(26)27)22(25)15-20/h1,3,12-13,15-19,23H,2,4-11,14H2/t16-,17-,18-,19-. The smallest absolute Gasteiger partial charge is 0.251 e. The molecule has 0 N–H and O–H groups in total. The molecule has 0 aromatic heterocycles. The van der Waals surface area contributed by atoms with Gasteiger partial charge in [0.25, 0.3) is 6.43 Å². The van der Waals surface area contributed by atoms with Gasteiger partial charge in [0, 0.05) is 0 Å². The van der Waals surface area contributed by atoms with Gasteiger partial charge in [0.15, 0.2) is 0 Å². The van der Waals surface area contributed by atoms with Crippen LogP contribution in [-0.2, 0) is 0 Å². The first-order chi connectivity index (χ1) is 13.1. The van der Waals surface area contributed by atoms with E-state index in [0.29, 0.717) is 18.3 Å². The van der Waals surface area contributed by atoms with Crippen LogP contribution in [0.2, 0.25) is 0 Å². The number of allylic oxidation sites excluding steroid dienone is 2. The summed E-state index contributed by atoms with van der Waals surface area (Å²) in [6.07, 6.45) is 11.2. The summed E-state index contributed by atoms with van der Waals surface area (Å²) in [5, 5.41) is 0. The molecule has 3 rings (SSSR count). The van der Waals surface area contributed by atoms with Crippen molar-refractivity contribution in [2.45, 2.75) is 70.1 Å². The van der Waals surface area contributed by atoms with Gasteiger partial charge in [-0.2, -0.15) is 0 Å². The SMILES string of the molecule is FCCC=C[C@H]1CC[C@H]([C@H]2CC[C@H](c3ccc(C(F)F)c(F)c3)CC2)CC1. The van der Waals surface area contributed by atoms with Gasteiger partial charge in [-0.05, 0) is 93.1 Å². The van der Waals surface area contributed by atoms with Crippen molar-refractivity contribution in [1.29, 1.82) is 0 Å². The van der Waals surface area contributed by atoms with Gasteiger partial charge in [0.1, 0.15) is 5.82 Å². The molecule has 1 aromatic rings. The average Bonchev–Trinajstić information content (AvgIpc) is 2.68. The van der Waals surface area contributed by atoms with E-state index in [1.807, 2.05) is 6.08 Å². The largest absolute Gasteiger partial charge is 0.266 e. The maximum absolute atomic E-state index is 13.9. The minimum Gasteiger partial charge on any atom is -0.251 e. The number of halogens is 4. The molecule has 0 atom stereocenters. The molecule has 0 aliphatic heterocycles. The lowest BCUT2D eigenvalue weighted by atomic mass is 9.68. The summed E-state index contributed by atoms with van der Waals surface area (Å²) in [6.45, 7) is -0.274. The molecule has 0 heterocycles. The second kappa shape index (κ2) is 9.75. The normalized spacial score (nSPS) is 29.5. The van der Waals surface area contributed by atoms with Gasteiger partial charge in [0.05, 0.1) is 12.2 Å². The molecule has 2 aliphatic carbocycles. The Bertz CT molecular complexity index is 609. The van der Waals surface area contributed by atoms with E-state index in [2.05, 4.69) is 6.08 Å². The van der Waals surface area contributed by atoms with Crippen molar-refractivity contribution in [3.8, 4) is 0 Å². The average molecular weight is 382 g/mol. The third-order valence-electron chi connectivity index (χ3n) is 6.67. The Balaban J connectivity index is 1.48. The van der Waals surface area contributed by atoms with Crippen LogP contribution >= 0.6 is 0 Å². The number of benzene rings is 1. The molecule has 0 amide bonds. The fraction of sp³-hybridized carbons (Fsp3) is 0.652. The lowest BCUT2D eigenvalue weighted by Crippen LogP contribution is -2.25. The van der Waals surface area contributed by atoms with Crippen LogP contribution in [0.4, 0.5) is 17.6 Å². The Kier molecular flexibility index (Phi) is 7.37. The van der Waals surface area contributed by atoms with Crippen LogP contribution in [0.1, 0.15) is 81.3 Å². The molecule has 2 saturated carbocycles. The van der Waals surface area contributed by atoms with Crippen molar-refractivity contribution >= 4 is 0 Å². The molecule has 150 valence electrons. The summed E-state index contributed by atoms with van der Waals surface area (Å²) in [6, 6.07) is 4.26. The second-order valence-electron chi connectivity index (χ2n) is 8.27. The van der Waals surface area contributed by atoms with Gasteiger partial charge in [-0.3, -0.25) is 4.39 Å². The lowest BCUT2D eigenvalue weighted by molar-refractivity contribution is 0.146. The van der Waals surface area contributed by atoms with Crippen LogP contribution < -0.4 is 0 Å². The van der Waals surface area contributed by atoms with Gasteiger partial charge in [-0.15, -0.1) is 0 Å². The third kappa shape index (κ3) is 5.36. The Morgan fingerprint density at radius 1 is 0.926 bits per heavy atom. The fourth-order valence-electron chi connectivity index (χ4n) is 5.06. The highest BCUT2D eigenvalue weighted by atomic mass is 19.3. The van der Waals surface area contributed by atoms with E-state index in [0.717, 1.165) is 43.1 Å². The summed E-state index contributed by atoms with van der Waals surface area (Å²) in [5.41, 5.74) is 0.377. The molecule has 0 unspecified atom stereocenters. The Labute approximate surface area is 160 Å². The summed E-state index contributed by atoms with van der Waals surface area (Å²) < 4.78 is 51.5. The lowest BCUT2D eigenvalue weighted by Gasteiger charge is -2.37. The monoisotopic (exact) mass is 382 g/mol. The van der Waals surface area contributed by atoms with Crippen LogP contribution in [0, 0.1) is 23.6 Å². The molecule has 0 saturated heterocycles. The van der Waals surface area contributed by atoms with Crippen molar-refractivity contribution in [2.24, 2.45) is 17.8 Å². The van der Waals surface area contributed by atoms with Gasteiger partial charge >= 0.3 is 0 Å². The first-order valence-corrected chi connectivity index (χ1v) is 10.4. The van der Waals surface area contributed by atoms with E-state index >= 15 is 0 Å². The highest BCUT2D eigenvalue weighted by molar-refractivity contribution is 5.28. The van der Waals surface area contributed by atoms with Gasteiger partial charge < -0.3 is 0 Å². The van der Waals surface area contributed by atoms with Crippen LogP contribution in [0.3, 0.4) is 0 Å². The number of rotatable bonds is 6. The molecule has 0 bridgehead atoms. The van der Waals surface area contributed by atoms with Gasteiger partial charge in [-0.25, -0.2) is 13.2 Å². The van der Waals surface area contributed by atoms with Crippen molar-refractivity contribution in [3.63, 3.8) is 0 Å². The molecule has 4 heteroatoms. The zero-order valence-electron chi connectivity index (χ0n) is 15.9. The Hall–Kier alpha value is -1.32. The molecule has 0 nitrogen and oxygen atoms in total. The molecular weight excluding hydrogens is 352 g/mol. The number of alkyl halides is 3. The van der Waals surface area contributed by atoms with E-state index in [4.69, 9.17) is 0 Å². The third-order valence-corrected chi connectivity index (χ3v) is 6.67. The van der Waals surface area contributed by atoms with Crippen molar-refractivity contribution in [2.75, 3.05) is 6.67 Å². The first kappa shape index (κ1) is 20.4. The van der Waals surface area contributed by atoms with E-state index < -0.39 is 17.8 Å². The summed E-state index contributed by atoms with van der Waals surface area (Å²) in [7, 11) is 0. The Morgan fingerprint density at radius 3 is 2.11 bits per heavy atom. The summed E-state index contributed by atoms with van der Waals surface area (Å²) >= 11 is 0. The fourth-order valence-corrected chi connectivity index (χ4v) is 5.06. The maximum Gasteiger partial charge on any atom is 0.266 e. The van der Waals surface area contributed by atoms with Gasteiger partial charge in [-0.1, -0.05) is 24.3 Å². The van der Waals surface area contributed by atoms with Crippen LogP contribution in [0.15, 0.2) is 30.4 Å². The number of hydrogen-bond donors (Lipinski definition) is 0. The molecule has 1 aromatic carbocycles. The summed E-state index contributed by atoms with van der Waals surface area (Å²) in [4.78, 5) is 0. The molecular formula is C23H30F4. The maximum atomic E-state index is 13.9. The molecule has 27 heavy (non-hydrogen) atoms. The molecule has 0 spiro atoms. The van der Waals surface area contributed by atoms with E-state index in [9.17, 15) is 17.6 Å². The van der Waals surface area contributed by atoms with Crippen LogP contribution in [0.25, 0.3) is 0 Å². The highest BCUT2D eigenvalue weighted by Gasteiger charge is 2.31. The number of hydrogen-bond acceptors (Lipinski definition) is 0. The topological polar surface area (TPSA) is 0 Å². The van der Waals surface area contributed by atoms with Crippen molar-refractivity contribution < 1.29 is 17.6 Å².